The standard InChI is InChI=1S/C28H27N3O2/c32-28(29-24-9-5-4-8-22(24)18-6-2-1-3-7-18)21-10-12-25-23(17-21)27(31-30-25)20-11-13-26-19(16-20)14-15-33-26/h1-3,6-7,10-13,16-17,22,24H,4-5,8-9,14-15H2,(H,29,32)(H,30,31)/t22-,24+/m0/s1. The van der Waals surface area contributed by atoms with Crippen molar-refractivity contribution in [1.82, 2.24) is 15.5 Å². The number of nitrogens with zero attached hydrogens (tertiary/aromatic N) is 1. The van der Waals surface area contributed by atoms with Crippen LogP contribution < -0.4 is 10.1 Å². The van der Waals surface area contributed by atoms with Crippen LogP contribution in [0.2, 0.25) is 0 Å². The van der Waals surface area contributed by atoms with Crippen LogP contribution in [0, 0.1) is 0 Å². The Labute approximate surface area is 193 Å². The molecule has 0 radical (unpaired) electrons. The van der Waals surface area contributed by atoms with Crippen molar-refractivity contribution in [1.29, 1.82) is 0 Å². The molecule has 6 rings (SSSR count). The van der Waals surface area contributed by atoms with Crippen molar-refractivity contribution in [3.8, 4) is 17.0 Å². The molecule has 166 valence electrons. The maximum absolute atomic E-state index is 13.3. The van der Waals surface area contributed by atoms with E-state index in [-0.39, 0.29) is 11.9 Å². The van der Waals surface area contributed by atoms with Gasteiger partial charge >= 0.3 is 0 Å². The lowest BCUT2D eigenvalue weighted by Gasteiger charge is -2.32. The number of amides is 1. The summed E-state index contributed by atoms with van der Waals surface area (Å²) in [7, 11) is 0. The van der Waals surface area contributed by atoms with Gasteiger partial charge in [0.25, 0.3) is 5.91 Å². The van der Waals surface area contributed by atoms with E-state index in [0.29, 0.717) is 11.5 Å². The minimum atomic E-state index is -0.0146. The first kappa shape index (κ1) is 20.0. The lowest BCUT2D eigenvalue weighted by molar-refractivity contribution is 0.0921. The third kappa shape index (κ3) is 3.78. The molecule has 5 heteroatoms. The number of fused-ring (bicyclic) bond motifs is 2. The Morgan fingerprint density at radius 1 is 1.00 bits per heavy atom. The number of nitrogens with one attached hydrogen (secondary N) is 2. The van der Waals surface area contributed by atoms with Crippen molar-refractivity contribution in [3.05, 3.63) is 83.4 Å². The van der Waals surface area contributed by atoms with Crippen LogP contribution in [0.4, 0.5) is 0 Å². The Balaban J connectivity index is 1.28. The quantitative estimate of drug-likeness (QED) is 0.435. The second-order valence-electron chi connectivity index (χ2n) is 9.14. The highest BCUT2D eigenvalue weighted by Crippen LogP contribution is 2.35. The molecule has 3 aromatic carbocycles. The maximum Gasteiger partial charge on any atom is 0.251 e. The summed E-state index contributed by atoms with van der Waals surface area (Å²) in [6.07, 6.45) is 5.41. The molecule has 2 aliphatic rings. The summed E-state index contributed by atoms with van der Waals surface area (Å²) < 4.78 is 5.64. The number of aromatic nitrogens is 2. The Kier molecular flexibility index (Phi) is 5.10. The van der Waals surface area contributed by atoms with E-state index in [0.717, 1.165) is 60.2 Å². The summed E-state index contributed by atoms with van der Waals surface area (Å²) in [4.78, 5) is 13.3. The molecule has 1 aromatic heterocycles. The Bertz CT molecular complexity index is 1310. The second kappa shape index (κ2) is 8.39. The first-order valence-electron chi connectivity index (χ1n) is 11.9. The van der Waals surface area contributed by atoms with E-state index in [2.05, 4.69) is 45.8 Å². The van der Waals surface area contributed by atoms with Crippen LogP contribution in [-0.2, 0) is 6.42 Å². The highest BCUT2D eigenvalue weighted by atomic mass is 16.5. The molecule has 2 atom stereocenters. The molecule has 1 aliphatic carbocycles. The van der Waals surface area contributed by atoms with Crippen LogP contribution in [0.25, 0.3) is 22.2 Å². The molecule has 2 heterocycles. The smallest absolute Gasteiger partial charge is 0.251 e. The molecular weight excluding hydrogens is 410 g/mol. The summed E-state index contributed by atoms with van der Waals surface area (Å²) in [5, 5.41) is 12.0. The molecule has 0 unspecified atom stereocenters. The number of hydrogen-bond acceptors (Lipinski definition) is 3. The molecule has 1 aliphatic heterocycles. The lowest BCUT2D eigenvalue weighted by Crippen LogP contribution is -2.41. The zero-order valence-electron chi connectivity index (χ0n) is 18.5. The van der Waals surface area contributed by atoms with Crippen molar-refractivity contribution in [2.24, 2.45) is 0 Å². The number of ether oxygens (including phenoxy) is 1. The largest absolute Gasteiger partial charge is 0.493 e. The molecule has 1 amide bonds. The van der Waals surface area contributed by atoms with Crippen LogP contribution in [-0.4, -0.2) is 28.8 Å². The van der Waals surface area contributed by atoms with Gasteiger partial charge in [-0.05, 0) is 60.4 Å². The minimum Gasteiger partial charge on any atom is -0.493 e. The maximum atomic E-state index is 13.3. The molecule has 0 saturated heterocycles. The number of H-pyrrole nitrogens is 1. The molecule has 4 aromatic rings. The monoisotopic (exact) mass is 437 g/mol. The molecule has 33 heavy (non-hydrogen) atoms. The summed E-state index contributed by atoms with van der Waals surface area (Å²) in [6.45, 7) is 0.732. The van der Waals surface area contributed by atoms with Gasteiger partial charge in [0.1, 0.15) is 5.75 Å². The van der Waals surface area contributed by atoms with Crippen LogP contribution in [0.15, 0.2) is 66.7 Å². The molecular formula is C28H27N3O2. The Morgan fingerprint density at radius 3 is 2.79 bits per heavy atom. The molecule has 1 saturated carbocycles. The van der Waals surface area contributed by atoms with Gasteiger partial charge in [-0.1, -0.05) is 43.2 Å². The van der Waals surface area contributed by atoms with Gasteiger partial charge in [0.2, 0.25) is 0 Å². The zero-order chi connectivity index (χ0) is 22.2. The van der Waals surface area contributed by atoms with E-state index in [1.807, 2.05) is 36.4 Å². The fourth-order valence-electron chi connectivity index (χ4n) is 5.36. The third-order valence-electron chi connectivity index (χ3n) is 7.10. The molecule has 5 nitrogen and oxygen atoms in total. The van der Waals surface area contributed by atoms with E-state index < -0.39 is 0 Å². The predicted molar refractivity (Wildman–Crippen MR) is 130 cm³/mol. The molecule has 2 N–H and O–H groups in total. The third-order valence-corrected chi connectivity index (χ3v) is 7.10. The fraction of sp³-hybridized carbons (Fsp3) is 0.286. The lowest BCUT2D eigenvalue weighted by atomic mass is 9.80. The fourth-order valence-corrected chi connectivity index (χ4v) is 5.36. The van der Waals surface area contributed by atoms with Gasteiger partial charge in [-0.2, -0.15) is 5.10 Å². The predicted octanol–water partition coefficient (Wildman–Crippen LogP) is 5.62. The van der Waals surface area contributed by atoms with E-state index in [4.69, 9.17) is 4.74 Å². The topological polar surface area (TPSA) is 67.0 Å². The van der Waals surface area contributed by atoms with Gasteiger partial charge in [0.05, 0.1) is 17.8 Å². The first-order valence-corrected chi connectivity index (χ1v) is 11.9. The average molecular weight is 438 g/mol. The van der Waals surface area contributed by atoms with Gasteiger partial charge < -0.3 is 10.1 Å². The number of benzene rings is 3. The van der Waals surface area contributed by atoms with E-state index >= 15 is 0 Å². The molecule has 0 spiro atoms. The van der Waals surface area contributed by atoms with E-state index in [1.165, 1.54) is 17.5 Å². The van der Waals surface area contributed by atoms with Gasteiger partial charge in [-0.25, -0.2) is 0 Å². The molecule has 0 bridgehead atoms. The first-order chi connectivity index (χ1) is 16.3. The van der Waals surface area contributed by atoms with Gasteiger partial charge in [-0.3, -0.25) is 9.89 Å². The van der Waals surface area contributed by atoms with E-state index in [1.54, 1.807) is 0 Å². The van der Waals surface area contributed by atoms with Crippen LogP contribution in [0.3, 0.4) is 0 Å². The number of rotatable bonds is 4. The van der Waals surface area contributed by atoms with Gasteiger partial charge in [0.15, 0.2) is 0 Å². The van der Waals surface area contributed by atoms with Crippen LogP contribution in [0.1, 0.15) is 53.1 Å². The van der Waals surface area contributed by atoms with Crippen molar-refractivity contribution in [2.45, 2.75) is 44.1 Å². The van der Waals surface area contributed by atoms with Crippen molar-refractivity contribution < 1.29 is 9.53 Å². The summed E-state index contributed by atoms with van der Waals surface area (Å²) in [6, 6.07) is 22.7. The number of carbonyl (C=O) groups excluding carboxylic acids is 1. The number of carbonyl (C=O) groups is 1. The molecule has 1 fully saturated rings. The minimum absolute atomic E-state index is 0.0146. The van der Waals surface area contributed by atoms with Crippen LogP contribution >= 0.6 is 0 Å². The summed E-state index contributed by atoms with van der Waals surface area (Å²) in [5.41, 5.74) is 6.04. The van der Waals surface area contributed by atoms with Crippen molar-refractivity contribution in [2.75, 3.05) is 6.61 Å². The average Bonchev–Trinajstić information content (AvgIpc) is 3.51. The van der Waals surface area contributed by atoms with Crippen molar-refractivity contribution in [3.63, 3.8) is 0 Å². The van der Waals surface area contributed by atoms with Crippen LogP contribution in [0.5, 0.6) is 5.75 Å². The van der Waals surface area contributed by atoms with Gasteiger partial charge in [0, 0.05) is 34.9 Å². The Hall–Kier alpha value is -3.60. The normalized spacial score (nSPS) is 19.8. The highest BCUT2D eigenvalue weighted by molar-refractivity contribution is 6.01. The van der Waals surface area contributed by atoms with Gasteiger partial charge in [-0.15, -0.1) is 0 Å². The van der Waals surface area contributed by atoms with Crippen molar-refractivity contribution >= 4 is 16.8 Å². The van der Waals surface area contributed by atoms with E-state index in [9.17, 15) is 4.79 Å². The Morgan fingerprint density at radius 2 is 1.88 bits per heavy atom. The number of aromatic amines is 1. The second-order valence-corrected chi connectivity index (χ2v) is 9.14. The summed E-state index contributed by atoms with van der Waals surface area (Å²) in [5.74, 6) is 1.31. The highest BCUT2D eigenvalue weighted by Gasteiger charge is 2.28. The zero-order valence-corrected chi connectivity index (χ0v) is 18.5. The number of hydrogen-bond donors (Lipinski definition) is 2. The summed E-state index contributed by atoms with van der Waals surface area (Å²) >= 11 is 0. The SMILES string of the molecule is O=C(N[C@@H]1CCCC[C@H]1c1ccccc1)c1ccc2[nH]nc(-c3ccc4c(c3)CCO4)c2c1.